The average Bonchev–Trinajstić information content (AvgIpc) is 2.96. The van der Waals surface area contributed by atoms with Crippen molar-refractivity contribution in [3.05, 3.63) is 107 Å². The van der Waals surface area contributed by atoms with Gasteiger partial charge in [-0.2, -0.15) is 8.42 Å². The van der Waals surface area contributed by atoms with Crippen LogP contribution in [0.15, 0.2) is 89.5 Å². The lowest BCUT2D eigenvalue weighted by molar-refractivity contribution is 0.0597. The van der Waals surface area contributed by atoms with Gasteiger partial charge in [-0.05, 0) is 49.6 Å². The van der Waals surface area contributed by atoms with Gasteiger partial charge in [-0.3, -0.25) is 0 Å². The number of carbonyl (C=O) groups is 1. The smallest absolute Gasteiger partial charge is 0.339 e. The van der Waals surface area contributed by atoms with E-state index in [-0.39, 0.29) is 16.2 Å². The summed E-state index contributed by atoms with van der Waals surface area (Å²) in [6.45, 7) is 5.89. The molecule has 0 saturated heterocycles. The van der Waals surface area contributed by atoms with E-state index in [1.54, 1.807) is 30.3 Å². The van der Waals surface area contributed by atoms with E-state index in [2.05, 4.69) is 18.7 Å². The molecule has 4 aromatic rings. The zero-order valence-electron chi connectivity index (χ0n) is 21.8. The predicted molar refractivity (Wildman–Crippen MR) is 149 cm³/mol. The summed E-state index contributed by atoms with van der Waals surface area (Å²) in [6, 6.07) is 23.9. The van der Waals surface area contributed by atoms with Crippen LogP contribution in [0.5, 0.6) is 5.75 Å². The molecule has 1 atom stereocenters. The van der Waals surface area contributed by atoms with Crippen LogP contribution in [0.2, 0.25) is 0 Å². The summed E-state index contributed by atoms with van der Waals surface area (Å²) in [6.07, 6.45) is 1.60. The number of benzene rings is 4. The summed E-state index contributed by atoms with van der Waals surface area (Å²) in [5.74, 6) is -0.0555. The molecule has 2 aliphatic heterocycles. The van der Waals surface area contributed by atoms with Crippen LogP contribution in [0.4, 0.5) is 5.69 Å². The summed E-state index contributed by atoms with van der Waals surface area (Å²) in [5.41, 5.74) is 1.43. The Hall–Kier alpha value is -4.30. The van der Waals surface area contributed by atoms with E-state index in [9.17, 15) is 13.2 Å². The van der Waals surface area contributed by atoms with E-state index < -0.39 is 21.7 Å². The van der Waals surface area contributed by atoms with Crippen molar-refractivity contribution in [3.8, 4) is 5.75 Å². The van der Waals surface area contributed by atoms with E-state index >= 15 is 0 Å². The van der Waals surface area contributed by atoms with Gasteiger partial charge in [-0.15, -0.1) is 0 Å². The number of nitrogens with zero attached hydrogens (tertiary/aromatic N) is 1. The number of esters is 1. The SMILES string of the molecule is CCN(CC)c1ccc(C23Oc4c(c(C(=O)OC)cc5ccccc45)C=C2OS(=O)(=O)c2ccccc23)cc1. The van der Waals surface area contributed by atoms with Crippen molar-refractivity contribution in [1.29, 1.82) is 0 Å². The van der Waals surface area contributed by atoms with E-state index in [0.717, 1.165) is 29.5 Å². The van der Waals surface area contributed by atoms with Gasteiger partial charge in [-0.1, -0.05) is 54.6 Å². The van der Waals surface area contributed by atoms with Gasteiger partial charge in [0.1, 0.15) is 10.6 Å². The molecule has 0 fully saturated rings. The molecule has 0 radical (unpaired) electrons. The third-order valence-electron chi connectivity index (χ3n) is 7.46. The second-order valence-electron chi connectivity index (χ2n) is 9.42. The standard InChI is InChI=1S/C31H27NO6S/c1-4-32(5-2)22-16-14-21(15-17-22)31-26-12-8-9-13-27(26)39(34,35)38-28(31)19-24-25(30(33)36-3)18-20-10-6-7-11-23(20)29(24)37-31/h6-19H,4-5H2,1-3H3. The summed E-state index contributed by atoms with van der Waals surface area (Å²) in [5, 5.41) is 1.57. The predicted octanol–water partition coefficient (Wildman–Crippen LogP) is 5.87. The summed E-state index contributed by atoms with van der Waals surface area (Å²) >= 11 is 0. The molecule has 198 valence electrons. The molecule has 6 rings (SSSR count). The van der Waals surface area contributed by atoms with Crippen LogP contribution >= 0.6 is 0 Å². The van der Waals surface area contributed by atoms with Crippen molar-refractivity contribution >= 4 is 38.6 Å². The Balaban J connectivity index is 1.69. The highest BCUT2D eigenvalue weighted by Crippen LogP contribution is 2.54. The normalized spacial score (nSPS) is 18.5. The van der Waals surface area contributed by atoms with Crippen molar-refractivity contribution in [2.75, 3.05) is 25.1 Å². The first-order valence-electron chi connectivity index (χ1n) is 12.8. The van der Waals surface area contributed by atoms with Gasteiger partial charge >= 0.3 is 16.1 Å². The number of hydrogen-bond acceptors (Lipinski definition) is 7. The van der Waals surface area contributed by atoms with Gasteiger partial charge < -0.3 is 18.6 Å². The quantitative estimate of drug-likeness (QED) is 0.231. The molecule has 0 aromatic heterocycles. The molecule has 0 saturated carbocycles. The number of fused-ring (bicyclic) bond motifs is 6. The molecule has 2 heterocycles. The highest BCUT2D eigenvalue weighted by molar-refractivity contribution is 7.87. The average molecular weight is 542 g/mol. The molecule has 7 nitrogen and oxygen atoms in total. The maximum atomic E-state index is 13.3. The minimum Gasteiger partial charge on any atom is -0.468 e. The van der Waals surface area contributed by atoms with Gasteiger partial charge in [0.05, 0.1) is 12.7 Å². The Morgan fingerprint density at radius 1 is 0.949 bits per heavy atom. The van der Waals surface area contributed by atoms with E-state index in [1.165, 1.54) is 13.2 Å². The van der Waals surface area contributed by atoms with Crippen molar-refractivity contribution in [3.63, 3.8) is 0 Å². The van der Waals surface area contributed by atoms with Crippen molar-refractivity contribution in [1.82, 2.24) is 0 Å². The Kier molecular flexibility index (Phi) is 5.88. The van der Waals surface area contributed by atoms with Crippen LogP contribution in [0.1, 0.15) is 40.9 Å². The van der Waals surface area contributed by atoms with Crippen LogP contribution in [-0.4, -0.2) is 34.6 Å². The van der Waals surface area contributed by atoms with E-state index in [4.69, 9.17) is 13.7 Å². The zero-order valence-corrected chi connectivity index (χ0v) is 22.6. The van der Waals surface area contributed by atoms with Gasteiger partial charge in [0.2, 0.25) is 5.60 Å². The van der Waals surface area contributed by atoms with Crippen molar-refractivity contribution in [2.45, 2.75) is 24.3 Å². The van der Waals surface area contributed by atoms with Crippen LogP contribution in [0, 0.1) is 0 Å². The minimum atomic E-state index is -4.14. The van der Waals surface area contributed by atoms with Gasteiger partial charge in [0.25, 0.3) is 0 Å². The Bertz CT molecular complexity index is 1760. The molecule has 0 spiro atoms. The highest BCUT2D eigenvalue weighted by Gasteiger charge is 2.54. The third-order valence-corrected chi connectivity index (χ3v) is 8.75. The monoisotopic (exact) mass is 541 g/mol. The lowest BCUT2D eigenvalue weighted by Gasteiger charge is -2.43. The fraction of sp³-hybridized carbons (Fsp3) is 0.194. The Labute approximate surface area is 227 Å². The second-order valence-corrected chi connectivity index (χ2v) is 10.9. The van der Waals surface area contributed by atoms with Crippen molar-refractivity contribution < 1.29 is 26.9 Å². The molecule has 39 heavy (non-hydrogen) atoms. The van der Waals surface area contributed by atoms with Crippen LogP contribution in [0.3, 0.4) is 0 Å². The maximum Gasteiger partial charge on any atom is 0.339 e. The maximum absolute atomic E-state index is 13.3. The molecule has 0 N–H and O–H groups in total. The zero-order chi connectivity index (χ0) is 27.4. The molecular weight excluding hydrogens is 514 g/mol. The first kappa shape index (κ1) is 25.0. The summed E-state index contributed by atoms with van der Waals surface area (Å²) < 4.78 is 44.4. The number of methoxy groups -OCH3 is 1. The molecular formula is C31H27NO6S. The fourth-order valence-electron chi connectivity index (χ4n) is 5.56. The van der Waals surface area contributed by atoms with Gasteiger partial charge in [0, 0.05) is 40.9 Å². The van der Waals surface area contributed by atoms with Gasteiger partial charge in [-0.25, -0.2) is 4.79 Å². The third kappa shape index (κ3) is 3.70. The Morgan fingerprint density at radius 2 is 1.64 bits per heavy atom. The molecule has 0 amide bonds. The number of rotatable bonds is 5. The molecule has 0 aliphatic carbocycles. The largest absolute Gasteiger partial charge is 0.468 e. The number of hydrogen-bond donors (Lipinski definition) is 0. The summed E-state index contributed by atoms with van der Waals surface area (Å²) in [7, 11) is -2.84. The Morgan fingerprint density at radius 3 is 2.36 bits per heavy atom. The van der Waals surface area contributed by atoms with Crippen LogP contribution in [0.25, 0.3) is 16.8 Å². The first-order valence-corrected chi connectivity index (χ1v) is 14.2. The first-order chi connectivity index (χ1) is 18.8. The summed E-state index contributed by atoms with van der Waals surface area (Å²) in [4.78, 5) is 15.1. The topological polar surface area (TPSA) is 82.1 Å². The minimum absolute atomic E-state index is 0.0341. The molecule has 4 aromatic carbocycles. The lowest BCUT2D eigenvalue weighted by Crippen LogP contribution is -2.44. The molecule has 2 aliphatic rings. The number of ether oxygens (including phenoxy) is 2. The fourth-order valence-corrected chi connectivity index (χ4v) is 6.78. The molecule has 0 bridgehead atoms. The highest BCUT2D eigenvalue weighted by atomic mass is 32.2. The van der Waals surface area contributed by atoms with Crippen LogP contribution < -0.4 is 9.64 Å². The van der Waals surface area contributed by atoms with Crippen molar-refractivity contribution in [2.24, 2.45) is 0 Å². The molecule has 1 unspecified atom stereocenters. The number of carbonyl (C=O) groups excluding carboxylic acids is 1. The number of anilines is 1. The van der Waals surface area contributed by atoms with Crippen LogP contribution in [-0.2, 0) is 24.6 Å². The van der Waals surface area contributed by atoms with E-state index in [1.807, 2.05) is 48.5 Å². The lowest BCUT2D eigenvalue weighted by atomic mass is 9.80. The van der Waals surface area contributed by atoms with Gasteiger partial charge in [0.15, 0.2) is 5.76 Å². The molecule has 8 heteroatoms. The second kappa shape index (κ2) is 9.17. The van der Waals surface area contributed by atoms with E-state index in [0.29, 0.717) is 22.4 Å².